The molecule has 1 atom stereocenters. The van der Waals surface area contributed by atoms with Crippen molar-refractivity contribution in [3.8, 4) is 5.75 Å². The SMILES string of the molecule is COc1ccc(N(CC(=O)N(Cc2ccc(Cl)cc2)[C@@H](C)C(=O)NC(C)C)S(C)(=O)=O)cc1Cl. The van der Waals surface area contributed by atoms with Crippen molar-refractivity contribution in [1.29, 1.82) is 0 Å². The van der Waals surface area contributed by atoms with E-state index in [-0.39, 0.29) is 29.2 Å². The summed E-state index contributed by atoms with van der Waals surface area (Å²) in [6.45, 7) is 4.79. The van der Waals surface area contributed by atoms with Gasteiger partial charge in [0, 0.05) is 17.6 Å². The van der Waals surface area contributed by atoms with E-state index in [1.54, 1.807) is 31.2 Å². The molecule has 11 heteroatoms. The van der Waals surface area contributed by atoms with Gasteiger partial charge in [0.25, 0.3) is 0 Å². The summed E-state index contributed by atoms with van der Waals surface area (Å²) in [5, 5.41) is 3.52. The molecule has 2 aromatic rings. The molecule has 2 rings (SSSR count). The first-order valence-electron chi connectivity index (χ1n) is 10.5. The summed E-state index contributed by atoms with van der Waals surface area (Å²) in [5.74, 6) is -0.539. The zero-order valence-electron chi connectivity index (χ0n) is 19.7. The Morgan fingerprint density at radius 2 is 1.68 bits per heavy atom. The maximum atomic E-state index is 13.4. The number of anilines is 1. The fraction of sp³-hybridized carbons (Fsp3) is 0.391. The lowest BCUT2D eigenvalue weighted by atomic mass is 10.1. The molecule has 0 heterocycles. The molecule has 1 N–H and O–H groups in total. The van der Waals surface area contributed by atoms with Gasteiger partial charge in [0.05, 0.1) is 24.1 Å². The number of amides is 2. The monoisotopic (exact) mass is 529 g/mol. The average Bonchev–Trinajstić information content (AvgIpc) is 2.75. The molecule has 0 bridgehead atoms. The largest absolute Gasteiger partial charge is 0.495 e. The number of carbonyl (C=O) groups excluding carboxylic acids is 2. The summed E-state index contributed by atoms with van der Waals surface area (Å²) in [5.41, 5.74) is 0.938. The number of methoxy groups -OCH3 is 1. The van der Waals surface area contributed by atoms with Crippen LogP contribution >= 0.6 is 23.2 Å². The summed E-state index contributed by atoms with van der Waals surface area (Å²) in [6, 6.07) is 10.3. The van der Waals surface area contributed by atoms with Crippen molar-refractivity contribution in [2.24, 2.45) is 0 Å². The second-order valence-corrected chi connectivity index (χ2v) is 10.8. The molecule has 2 amide bonds. The third kappa shape index (κ3) is 7.51. The van der Waals surface area contributed by atoms with Crippen molar-refractivity contribution < 1.29 is 22.7 Å². The summed E-state index contributed by atoms with van der Waals surface area (Å²) in [7, 11) is -2.42. The second-order valence-electron chi connectivity index (χ2n) is 8.08. The molecule has 0 spiro atoms. The minimum absolute atomic E-state index is 0.0870. The van der Waals surface area contributed by atoms with Crippen LogP contribution in [0.3, 0.4) is 0 Å². The zero-order chi connectivity index (χ0) is 25.6. The van der Waals surface area contributed by atoms with E-state index in [9.17, 15) is 18.0 Å². The summed E-state index contributed by atoms with van der Waals surface area (Å²) in [4.78, 5) is 27.5. The molecule has 8 nitrogen and oxygen atoms in total. The van der Waals surface area contributed by atoms with Gasteiger partial charge >= 0.3 is 0 Å². The van der Waals surface area contributed by atoms with Gasteiger partial charge in [-0.2, -0.15) is 0 Å². The van der Waals surface area contributed by atoms with Crippen LogP contribution in [0.5, 0.6) is 5.75 Å². The molecule has 186 valence electrons. The number of halogens is 2. The van der Waals surface area contributed by atoms with Gasteiger partial charge in [-0.05, 0) is 56.7 Å². The highest BCUT2D eigenvalue weighted by Gasteiger charge is 2.30. The third-order valence-electron chi connectivity index (χ3n) is 4.97. The maximum absolute atomic E-state index is 13.4. The Morgan fingerprint density at radius 1 is 1.06 bits per heavy atom. The predicted molar refractivity (Wildman–Crippen MR) is 135 cm³/mol. The van der Waals surface area contributed by atoms with Gasteiger partial charge < -0.3 is 15.0 Å². The lowest BCUT2D eigenvalue weighted by Crippen LogP contribution is -2.52. The highest BCUT2D eigenvalue weighted by molar-refractivity contribution is 7.92. The van der Waals surface area contributed by atoms with Crippen molar-refractivity contribution in [2.45, 2.75) is 39.4 Å². The molecule has 0 fully saturated rings. The first-order chi connectivity index (χ1) is 15.8. The van der Waals surface area contributed by atoms with E-state index in [0.29, 0.717) is 10.8 Å². The second kappa shape index (κ2) is 11.8. The van der Waals surface area contributed by atoms with E-state index in [0.717, 1.165) is 16.1 Å². The fourth-order valence-electron chi connectivity index (χ4n) is 3.20. The molecule has 0 aliphatic rings. The van der Waals surface area contributed by atoms with E-state index < -0.39 is 28.5 Å². The van der Waals surface area contributed by atoms with E-state index in [4.69, 9.17) is 27.9 Å². The highest BCUT2D eigenvalue weighted by atomic mass is 35.5. The smallest absolute Gasteiger partial charge is 0.244 e. The summed E-state index contributed by atoms with van der Waals surface area (Å²) < 4.78 is 31.2. The van der Waals surface area contributed by atoms with Crippen LogP contribution in [-0.2, 0) is 26.2 Å². The van der Waals surface area contributed by atoms with E-state index >= 15 is 0 Å². The molecule has 0 unspecified atom stereocenters. The minimum atomic E-state index is -3.86. The lowest BCUT2D eigenvalue weighted by Gasteiger charge is -2.32. The number of sulfonamides is 1. The van der Waals surface area contributed by atoms with E-state index in [1.807, 2.05) is 13.8 Å². The Balaban J connectivity index is 2.40. The van der Waals surface area contributed by atoms with Gasteiger partial charge in [-0.3, -0.25) is 13.9 Å². The van der Waals surface area contributed by atoms with Crippen molar-refractivity contribution >= 4 is 50.7 Å². The molecule has 34 heavy (non-hydrogen) atoms. The summed E-state index contributed by atoms with van der Waals surface area (Å²) >= 11 is 12.1. The Hall–Kier alpha value is -2.49. The topological polar surface area (TPSA) is 96.0 Å². The predicted octanol–water partition coefficient (Wildman–Crippen LogP) is 3.71. The molecule has 0 aliphatic heterocycles. The number of carbonyl (C=O) groups is 2. The van der Waals surface area contributed by atoms with E-state index in [2.05, 4.69) is 5.32 Å². The first kappa shape index (κ1) is 27.8. The Labute approximate surface area is 210 Å². The van der Waals surface area contributed by atoms with Gasteiger partial charge in [-0.25, -0.2) is 8.42 Å². The number of nitrogens with one attached hydrogen (secondary N) is 1. The van der Waals surface area contributed by atoms with E-state index in [1.165, 1.54) is 30.2 Å². The molecule has 0 saturated heterocycles. The Morgan fingerprint density at radius 3 is 2.18 bits per heavy atom. The van der Waals surface area contributed by atoms with Gasteiger partial charge in [-0.15, -0.1) is 0 Å². The quantitative estimate of drug-likeness (QED) is 0.506. The molecule has 2 aromatic carbocycles. The number of hydrogen-bond acceptors (Lipinski definition) is 5. The summed E-state index contributed by atoms with van der Waals surface area (Å²) in [6.07, 6.45) is 0.997. The number of hydrogen-bond donors (Lipinski definition) is 1. The fourth-order valence-corrected chi connectivity index (χ4v) is 4.42. The standard InChI is InChI=1S/C23H29Cl2N3O5S/c1-15(2)26-23(30)16(3)27(13-17-6-8-18(24)9-7-17)22(29)14-28(34(5,31)32)19-10-11-21(33-4)20(25)12-19/h6-12,15-16H,13-14H2,1-5H3,(H,26,30)/t16-/m0/s1. The van der Waals surface area contributed by atoms with Gasteiger partial charge in [0.15, 0.2) is 0 Å². The lowest BCUT2D eigenvalue weighted by molar-refractivity contribution is -0.139. The van der Waals surface area contributed by atoms with Gasteiger partial charge in [0.2, 0.25) is 21.8 Å². The highest BCUT2D eigenvalue weighted by Crippen LogP contribution is 2.30. The molecule has 0 saturated carbocycles. The number of rotatable bonds is 10. The molecular weight excluding hydrogens is 501 g/mol. The third-order valence-corrected chi connectivity index (χ3v) is 6.65. The van der Waals surface area contributed by atoms with Crippen LogP contribution in [0.2, 0.25) is 10.0 Å². The van der Waals surface area contributed by atoms with Crippen LogP contribution in [0.4, 0.5) is 5.69 Å². The van der Waals surface area contributed by atoms with Crippen LogP contribution in [-0.4, -0.2) is 57.1 Å². The molecule has 0 radical (unpaired) electrons. The molecular formula is C23H29Cl2N3O5S. The number of ether oxygens (including phenoxy) is 1. The van der Waals surface area contributed by atoms with Crippen molar-refractivity contribution in [1.82, 2.24) is 10.2 Å². The van der Waals surface area contributed by atoms with Crippen LogP contribution < -0.4 is 14.4 Å². The molecule has 0 aromatic heterocycles. The zero-order valence-corrected chi connectivity index (χ0v) is 22.0. The van der Waals surface area contributed by atoms with Crippen LogP contribution in [0.15, 0.2) is 42.5 Å². The van der Waals surface area contributed by atoms with Crippen LogP contribution in [0.1, 0.15) is 26.3 Å². The molecule has 0 aliphatic carbocycles. The van der Waals surface area contributed by atoms with Gasteiger partial charge in [-0.1, -0.05) is 35.3 Å². The van der Waals surface area contributed by atoms with Crippen molar-refractivity contribution in [2.75, 3.05) is 24.2 Å². The van der Waals surface area contributed by atoms with Gasteiger partial charge in [0.1, 0.15) is 18.3 Å². The van der Waals surface area contributed by atoms with Crippen LogP contribution in [0.25, 0.3) is 0 Å². The Kier molecular flexibility index (Phi) is 9.61. The van der Waals surface area contributed by atoms with Crippen molar-refractivity contribution in [3.05, 3.63) is 58.1 Å². The average molecular weight is 530 g/mol. The Bertz CT molecular complexity index is 1120. The van der Waals surface area contributed by atoms with Crippen molar-refractivity contribution in [3.63, 3.8) is 0 Å². The maximum Gasteiger partial charge on any atom is 0.244 e. The normalized spacial score (nSPS) is 12.2. The first-order valence-corrected chi connectivity index (χ1v) is 13.1. The number of nitrogens with zero attached hydrogens (tertiary/aromatic N) is 2. The van der Waals surface area contributed by atoms with Crippen LogP contribution in [0, 0.1) is 0 Å². The minimum Gasteiger partial charge on any atom is -0.495 e. The number of benzene rings is 2.